The second-order valence-corrected chi connectivity index (χ2v) is 11.9. The maximum Gasteiger partial charge on any atom is 0.120 e. The van der Waals surface area contributed by atoms with Gasteiger partial charge in [0, 0.05) is 11.5 Å². The molecule has 0 amide bonds. The van der Waals surface area contributed by atoms with E-state index >= 15 is 0 Å². The summed E-state index contributed by atoms with van der Waals surface area (Å²) in [6, 6.07) is 36.3. The van der Waals surface area contributed by atoms with Crippen LogP contribution in [0.3, 0.4) is 0 Å². The Hall–Kier alpha value is -2.90. The zero-order valence-electron chi connectivity index (χ0n) is 22.0. The normalized spacial score (nSPS) is 12.6. The van der Waals surface area contributed by atoms with Crippen molar-refractivity contribution in [2.45, 2.75) is 31.5 Å². The third-order valence-corrected chi connectivity index (χ3v) is 8.68. The summed E-state index contributed by atoms with van der Waals surface area (Å²) in [5, 5.41) is 20.6. The Labute approximate surface area is 239 Å². The van der Waals surface area contributed by atoms with Crippen molar-refractivity contribution in [3.63, 3.8) is 0 Å². The van der Waals surface area contributed by atoms with E-state index in [1.807, 2.05) is 72.8 Å². The van der Waals surface area contributed by atoms with E-state index in [0.29, 0.717) is 18.8 Å². The Morgan fingerprint density at radius 2 is 1.05 bits per heavy atom. The van der Waals surface area contributed by atoms with Crippen molar-refractivity contribution in [3.05, 3.63) is 109 Å². The van der Waals surface area contributed by atoms with Crippen LogP contribution in [0.15, 0.2) is 109 Å². The van der Waals surface area contributed by atoms with E-state index in [0.717, 1.165) is 52.3 Å². The van der Waals surface area contributed by atoms with Gasteiger partial charge in [-0.15, -0.1) is 0 Å². The number of aliphatic hydroxyl groups excluding tert-OH is 2. The molecule has 0 radical (unpaired) electrons. The van der Waals surface area contributed by atoms with Crippen molar-refractivity contribution in [1.29, 1.82) is 0 Å². The van der Waals surface area contributed by atoms with E-state index < -0.39 is 12.2 Å². The summed E-state index contributed by atoms with van der Waals surface area (Å²) in [5.74, 6) is 3.12. The van der Waals surface area contributed by atoms with Gasteiger partial charge in [-0.05, 0) is 65.8 Å². The number of unbranched alkanes of at least 4 members (excludes halogenated alkanes) is 1. The van der Waals surface area contributed by atoms with Crippen molar-refractivity contribution in [1.82, 2.24) is 0 Å². The van der Waals surface area contributed by atoms with Gasteiger partial charge in [0.1, 0.15) is 24.7 Å². The second kappa shape index (κ2) is 16.3. The molecular weight excluding hydrogens is 524 g/mol. The third kappa shape index (κ3) is 10.3. The fourth-order valence-corrected chi connectivity index (χ4v) is 6.29. The molecule has 0 aromatic heterocycles. The zero-order chi connectivity index (χ0) is 27.1. The predicted molar refractivity (Wildman–Crippen MR) is 166 cm³/mol. The quantitative estimate of drug-likeness (QED) is 0.108. The predicted octanol–water partition coefficient (Wildman–Crippen LogP) is 7.75. The van der Waals surface area contributed by atoms with Crippen LogP contribution in [0.2, 0.25) is 0 Å². The highest BCUT2D eigenvalue weighted by molar-refractivity contribution is 8.76. The Morgan fingerprint density at radius 1 is 0.538 bits per heavy atom. The first-order valence-corrected chi connectivity index (χ1v) is 15.8. The summed E-state index contributed by atoms with van der Waals surface area (Å²) < 4.78 is 11.7. The smallest absolute Gasteiger partial charge is 0.120 e. The molecule has 0 fully saturated rings. The molecule has 2 atom stereocenters. The molecule has 0 aliphatic rings. The van der Waals surface area contributed by atoms with Crippen molar-refractivity contribution in [3.8, 4) is 33.8 Å². The van der Waals surface area contributed by atoms with Gasteiger partial charge in [-0.3, -0.25) is 0 Å². The third-order valence-electron chi connectivity index (χ3n) is 6.13. The average Bonchev–Trinajstić information content (AvgIpc) is 2.99. The van der Waals surface area contributed by atoms with Crippen molar-refractivity contribution in [2.24, 2.45) is 0 Å². The van der Waals surface area contributed by atoms with Crippen LogP contribution in [0.1, 0.15) is 19.3 Å². The highest BCUT2D eigenvalue weighted by atomic mass is 33.1. The molecule has 0 aliphatic carbocycles. The van der Waals surface area contributed by atoms with Gasteiger partial charge in [-0.25, -0.2) is 0 Å². The Bertz CT molecular complexity index is 1140. The lowest BCUT2D eigenvalue weighted by Gasteiger charge is -2.14. The molecule has 6 heteroatoms. The molecule has 0 spiro atoms. The molecular formula is C33H36O4S2. The maximum atomic E-state index is 10.3. The Balaban J connectivity index is 1.04. The molecule has 4 nitrogen and oxygen atoms in total. The van der Waals surface area contributed by atoms with Crippen LogP contribution in [-0.4, -0.2) is 47.1 Å². The number of ether oxygens (including phenoxy) is 2. The largest absolute Gasteiger partial charge is 0.491 e. The van der Waals surface area contributed by atoms with E-state index in [4.69, 9.17) is 9.47 Å². The highest BCUT2D eigenvalue weighted by Gasteiger charge is 2.09. The monoisotopic (exact) mass is 560 g/mol. The first kappa shape index (κ1) is 29.1. The Morgan fingerprint density at radius 3 is 1.62 bits per heavy atom. The van der Waals surface area contributed by atoms with Crippen molar-refractivity contribution in [2.75, 3.05) is 24.7 Å². The molecule has 4 aromatic rings. The van der Waals surface area contributed by atoms with Gasteiger partial charge in [0.25, 0.3) is 0 Å². The summed E-state index contributed by atoms with van der Waals surface area (Å²) in [4.78, 5) is 0. The summed E-state index contributed by atoms with van der Waals surface area (Å²) >= 11 is 0. The molecule has 4 rings (SSSR count). The zero-order valence-corrected chi connectivity index (χ0v) is 23.7. The minimum atomic E-state index is -0.526. The lowest BCUT2D eigenvalue weighted by molar-refractivity contribution is 0.0981. The molecule has 0 saturated heterocycles. The fourth-order valence-electron chi connectivity index (χ4n) is 4.03. The van der Waals surface area contributed by atoms with Gasteiger partial charge in [-0.2, -0.15) is 0 Å². The van der Waals surface area contributed by atoms with E-state index in [2.05, 4.69) is 36.4 Å². The lowest BCUT2D eigenvalue weighted by atomic mass is 10.1. The van der Waals surface area contributed by atoms with E-state index in [-0.39, 0.29) is 6.61 Å². The molecule has 0 heterocycles. The topological polar surface area (TPSA) is 58.9 Å². The molecule has 0 aliphatic heterocycles. The SMILES string of the molecule is OC(CCCCSSCC(O)COc1cccc(-c2ccccc2)c1)COc1cccc(-c2ccccc2)c1. The first-order valence-electron chi connectivity index (χ1n) is 13.3. The minimum Gasteiger partial charge on any atom is -0.491 e. The fraction of sp³-hybridized carbons (Fsp3) is 0.273. The molecule has 4 aromatic carbocycles. The Kier molecular flexibility index (Phi) is 12.1. The van der Waals surface area contributed by atoms with Gasteiger partial charge in [0.05, 0.1) is 12.2 Å². The first-order chi connectivity index (χ1) is 19.2. The molecule has 0 bridgehead atoms. The van der Waals surface area contributed by atoms with Crippen molar-refractivity contribution >= 4 is 21.6 Å². The number of aliphatic hydroxyl groups is 2. The molecule has 2 unspecified atom stereocenters. The van der Waals surface area contributed by atoms with Crippen molar-refractivity contribution < 1.29 is 19.7 Å². The van der Waals surface area contributed by atoms with Gasteiger partial charge in [-0.1, -0.05) is 107 Å². The number of benzene rings is 4. The lowest BCUT2D eigenvalue weighted by Crippen LogP contribution is -2.19. The summed E-state index contributed by atoms with van der Waals surface area (Å²) in [7, 11) is 3.41. The molecule has 0 saturated carbocycles. The van der Waals surface area contributed by atoms with Gasteiger partial charge < -0.3 is 19.7 Å². The van der Waals surface area contributed by atoms with Gasteiger partial charge in [0.15, 0.2) is 0 Å². The van der Waals surface area contributed by atoms with E-state index in [1.54, 1.807) is 21.6 Å². The second-order valence-electron chi connectivity index (χ2n) is 9.32. The summed E-state index contributed by atoms with van der Waals surface area (Å²) in [5.41, 5.74) is 4.49. The molecule has 2 N–H and O–H groups in total. The average molecular weight is 561 g/mol. The molecule has 204 valence electrons. The van der Waals surface area contributed by atoms with Crippen LogP contribution in [0.25, 0.3) is 22.3 Å². The van der Waals surface area contributed by atoms with Crippen LogP contribution in [0.4, 0.5) is 0 Å². The number of rotatable bonds is 16. The van der Waals surface area contributed by atoms with Crippen LogP contribution in [-0.2, 0) is 0 Å². The minimum absolute atomic E-state index is 0.270. The van der Waals surface area contributed by atoms with Crippen LogP contribution < -0.4 is 9.47 Å². The van der Waals surface area contributed by atoms with Crippen LogP contribution in [0.5, 0.6) is 11.5 Å². The van der Waals surface area contributed by atoms with E-state index in [9.17, 15) is 10.2 Å². The standard InChI is InChI=1S/C33H36O4S2/c34-30(23-36-32-18-9-15-28(21-32)26-11-3-1-4-12-26)17-7-8-20-38-39-25-31(35)24-37-33-19-10-16-29(22-33)27-13-5-2-6-14-27/h1-6,9-16,18-19,21-22,30-31,34-35H,7-8,17,20,23-25H2. The maximum absolute atomic E-state index is 10.3. The van der Waals surface area contributed by atoms with Crippen LogP contribution >= 0.6 is 21.6 Å². The van der Waals surface area contributed by atoms with Crippen LogP contribution in [0, 0.1) is 0 Å². The van der Waals surface area contributed by atoms with E-state index in [1.165, 1.54) is 0 Å². The number of hydrogen-bond acceptors (Lipinski definition) is 6. The van der Waals surface area contributed by atoms with Gasteiger partial charge >= 0.3 is 0 Å². The molecule has 39 heavy (non-hydrogen) atoms. The van der Waals surface area contributed by atoms with Gasteiger partial charge in [0.2, 0.25) is 0 Å². The highest BCUT2D eigenvalue weighted by Crippen LogP contribution is 2.26. The summed E-state index contributed by atoms with van der Waals surface area (Å²) in [6.07, 6.45) is 1.65. The number of hydrogen-bond donors (Lipinski definition) is 2. The summed E-state index contributed by atoms with van der Waals surface area (Å²) in [6.45, 7) is 0.562.